The number of aryl methyl sites for hydroxylation is 1. The number of carbonyl (C=O) groups is 2. The fraction of sp³-hybridized carbons (Fsp3) is 0.143. The molecule has 0 aliphatic carbocycles. The first kappa shape index (κ1) is 15.4. The molecular formula is C21H18N2O2. The van der Waals surface area contributed by atoms with Gasteiger partial charge in [-0.3, -0.25) is 9.59 Å². The second-order valence-electron chi connectivity index (χ2n) is 6.18. The standard InChI is InChI=1S/C21H18N2O2/c24-20-14-23(19-11-4-3-10-18(19)22-20)21(25)13-12-16-8-5-7-15-6-1-2-9-17(15)16/h1-11H,12-14H2,(H,22,24). The minimum absolute atomic E-state index is 0.0322. The molecule has 3 aromatic rings. The van der Waals surface area contributed by atoms with Crippen molar-refractivity contribution >= 4 is 34.0 Å². The van der Waals surface area contributed by atoms with Gasteiger partial charge in [-0.15, -0.1) is 0 Å². The lowest BCUT2D eigenvalue weighted by atomic mass is 10.0. The highest BCUT2D eigenvalue weighted by Gasteiger charge is 2.26. The minimum Gasteiger partial charge on any atom is -0.323 e. The van der Waals surface area contributed by atoms with E-state index < -0.39 is 0 Å². The summed E-state index contributed by atoms with van der Waals surface area (Å²) >= 11 is 0. The number of anilines is 2. The average molecular weight is 330 g/mol. The van der Waals surface area contributed by atoms with Crippen molar-refractivity contribution in [3.05, 3.63) is 72.3 Å². The highest BCUT2D eigenvalue weighted by atomic mass is 16.2. The normalized spacial score (nSPS) is 13.4. The number of amides is 2. The summed E-state index contributed by atoms with van der Waals surface area (Å²) in [5.74, 6) is -0.188. The van der Waals surface area contributed by atoms with E-state index in [9.17, 15) is 9.59 Å². The molecule has 1 heterocycles. The Bertz CT molecular complexity index is 960. The van der Waals surface area contributed by atoms with Gasteiger partial charge in [0.05, 0.1) is 11.4 Å². The molecule has 124 valence electrons. The van der Waals surface area contributed by atoms with Crippen molar-refractivity contribution in [3.63, 3.8) is 0 Å². The number of hydrogen-bond acceptors (Lipinski definition) is 2. The molecule has 3 aromatic carbocycles. The summed E-state index contributed by atoms with van der Waals surface area (Å²) < 4.78 is 0. The molecule has 4 heteroatoms. The molecule has 0 radical (unpaired) electrons. The van der Waals surface area contributed by atoms with Gasteiger partial charge in [0.2, 0.25) is 11.8 Å². The van der Waals surface area contributed by atoms with Crippen molar-refractivity contribution in [2.75, 3.05) is 16.8 Å². The van der Waals surface area contributed by atoms with Crippen LogP contribution in [0.5, 0.6) is 0 Å². The summed E-state index contributed by atoms with van der Waals surface area (Å²) in [6, 6.07) is 21.8. The Balaban J connectivity index is 1.56. The van der Waals surface area contributed by atoms with E-state index in [4.69, 9.17) is 0 Å². The van der Waals surface area contributed by atoms with E-state index in [0.717, 1.165) is 11.3 Å². The van der Waals surface area contributed by atoms with Crippen LogP contribution in [0, 0.1) is 0 Å². The van der Waals surface area contributed by atoms with Crippen LogP contribution in [0.3, 0.4) is 0 Å². The molecule has 25 heavy (non-hydrogen) atoms. The molecule has 0 unspecified atom stereocenters. The quantitative estimate of drug-likeness (QED) is 0.795. The number of hydrogen-bond donors (Lipinski definition) is 1. The zero-order valence-corrected chi connectivity index (χ0v) is 13.7. The fourth-order valence-electron chi connectivity index (χ4n) is 3.34. The summed E-state index contributed by atoms with van der Waals surface area (Å²) in [5.41, 5.74) is 2.61. The van der Waals surface area contributed by atoms with Crippen molar-refractivity contribution in [2.24, 2.45) is 0 Å². The zero-order valence-electron chi connectivity index (χ0n) is 13.7. The first-order valence-electron chi connectivity index (χ1n) is 8.38. The summed E-state index contributed by atoms with van der Waals surface area (Å²) in [5, 5.41) is 5.16. The highest BCUT2D eigenvalue weighted by Crippen LogP contribution is 2.29. The van der Waals surface area contributed by atoms with Crippen molar-refractivity contribution in [2.45, 2.75) is 12.8 Å². The topological polar surface area (TPSA) is 49.4 Å². The average Bonchev–Trinajstić information content (AvgIpc) is 2.65. The summed E-state index contributed by atoms with van der Waals surface area (Å²) in [4.78, 5) is 26.2. The second-order valence-corrected chi connectivity index (χ2v) is 6.18. The van der Waals surface area contributed by atoms with Crippen LogP contribution in [0.15, 0.2) is 66.7 Å². The van der Waals surface area contributed by atoms with E-state index >= 15 is 0 Å². The third-order valence-corrected chi connectivity index (χ3v) is 4.56. The molecule has 0 bridgehead atoms. The number of para-hydroxylation sites is 2. The maximum absolute atomic E-state index is 12.8. The number of nitrogens with zero attached hydrogens (tertiary/aromatic N) is 1. The van der Waals surface area contributed by atoms with E-state index in [1.807, 2.05) is 42.5 Å². The number of carbonyl (C=O) groups excluding carboxylic acids is 2. The molecule has 0 saturated heterocycles. The molecule has 0 saturated carbocycles. The first-order valence-corrected chi connectivity index (χ1v) is 8.38. The van der Waals surface area contributed by atoms with Crippen LogP contribution in [0.2, 0.25) is 0 Å². The van der Waals surface area contributed by atoms with Crippen molar-refractivity contribution in [1.82, 2.24) is 0 Å². The maximum atomic E-state index is 12.8. The predicted octanol–water partition coefficient (Wildman–Crippen LogP) is 3.76. The van der Waals surface area contributed by atoms with Crippen LogP contribution >= 0.6 is 0 Å². The Hall–Kier alpha value is -3.14. The highest BCUT2D eigenvalue weighted by molar-refractivity contribution is 6.09. The molecule has 1 aliphatic heterocycles. The van der Waals surface area contributed by atoms with E-state index in [-0.39, 0.29) is 18.4 Å². The van der Waals surface area contributed by atoms with Crippen molar-refractivity contribution < 1.29 is 9.59 Å². The van der Waals surface area contributed by atoms with E-state index in [0.29, 0.717) is 18.5 Å². The monoisotopic (exact) mass is 330 g/mol. The van der Waals surface area contributed by atoms with Gasteiger partial charge >= 0.3 is 0 Å². The van der Waals surface area contributed by atoms with Crippen LogP contribution in [-0.4, -0.2) is 18.4 Å². The Kier molecular flexibility index (Phi) is 3.94. The number of nitrogens with one attached hydrogen (secondary N) is 1. The molecule has 2 amide bonds. The molecule has 0 aromatic heterocycles. The van der Waals surface area contributed by atoms with Crippen LogP contribution in [-0.2, 0) is 16.0 Å². The van der Waals surface area contributed by atoms with Crippen LogP contribution in [0.1, 0.15) is 12.0 Å². The van der Waals surface area contributed by atoms with Gasteiger partial charge in [-0.2, -0.15) is 0 Å². The van der Waals surface area contributed by atoms with Gasteiger partial charge in [0.15, 0.2) is 0 Å². The predicted molar refractivity (Wildman–Crippen MR) is 99.7 cm³/mol. The van der Waals surface area contributed by atoms with Gasteiger partial charge in [-0.05, 0) is 34.9 Å². The van der Waals surface area contributed by atoms with Gasteiger partial charge in [0.1, 0.15) is 6.54 Å². The Morgan fingerprint density at radius 1 is 0.960 bits per heavy atom. The maximum Gasteiger partial charge on any atom is 0.244 e. The van der Waals surface area contributed by atoms with E-state index in [1.54, 1.807) is 4.90 Å². The zero-order chi connectivity index (χ0) is 17.2. The molecule has 1 aliphatic rings. The summed E-state index contributed by atoms with van der Waals surface area (Å²) in [6.07, 6.45) is 1.02. The third-order valence-electron chi connectivity index (χ3n) is 4.56. The van der Waals surface area contributed by atoms with Gasteiger partial charge in [-0.25, -0.2) is 0 Å². The lowest BCUT2D eigenvalue weighted by molar-refractivity contribution is -0.121. The number of fused-ring (bicyclic) bond motifs is 2. The Morgan fingerprint density at radius 2 is 1.72 bits per heavy atom. The largest absolute Gasteiger partial charge is 0.323 e. The molecule has 1 N–H and O–H groups in total. The van der Waals surface area contributed by atoms with E-state index in [1.165, 1.54) is 10.8 Å². The Labute approximate surface area is 146 Å². The lowest BCUT2D eigenvalue weighted by Crippen LogP contribution is -2.42. The van der Waals surface area contributed by atoms with Crippen LogP contribution in [0.25, 0.3) is 10.8 Å². The van der Waals surface area contributed by atoms with Gasteiger partial charge in [0.25, 0.3) is 0 Å². The molecular weight excluding hydrogens is 312 g/mol. The van der Waals surface area contributed by atoms with Crippen molar-refractivity contribution in [3.8, 4) is 0 Å². The first-order chi connectivity index (χ1) is 12.2. The molecule has 0 fully saturated rings. The second kappa shape index (κ2) is 6.40. The summed E-state index contributed by atoms with van der Waals surface area (Å²) in [6.45, 7) is 0.0748. The molecule has 4 nitrogen and oxygen atoms in total. The van der Waals surface area contributed by atoms with E-state index in [2.05, 4.69) is 29.6 Å². The molecule has 0 spiro atoms. The summed E-state index contributed by atoms with van der Waals surface area (Å²) in [7, 11) is 0. The van der Waals surface area contributed by atoms with Gasteiger partial charge in [-0.1, -0.05) is 54.6 Å². The van der Waals surface area contributed by atoms with Crippen LogP contribution < -0.4 is 10.2 Å². The van der Waals surface area contributed by atoms with Crippen molar-refractivity contribution in [1.29, 1.82) is 0 Å². The lowest BCUT2D eigenvalue weighted by Gasteiger charge is -2.29. The number of benzene rings is 3. The van der Waals surface area contributed by atoms with Gasteiger partial charge < -0.3 is 10.2 Å². The van der Waals surface area contributed by atoms with Crippen LogP contribution in [0.4, 0.5) is 11.4 Å². The minimum atomic E-state index is -0.155. The Morgan fingerprint density at radius 3 is 2.64 bits per heavy atom. The fourth-order valence-corrected chi connectivity index (χ4v) is 3.34. The number of rotatable bonds is 3. The molecule has 0 atom stereocenters. The molecule has 4 rings (SSSR count). The van der Waals surface area contributed by atoms with Gasteiger partial charge in [0, 0.05) is 6.42 Å². The smallest absolute Gasteiger partial charge is 0.244 e. The SMILES string of the molecule is O=C1CN(C(=O)CCc2cccc3ccccc23)c2ccccc2N1. The third kappa shape index (κ3) is 2.98.